The van der Waals surface area contributed by atoms with Crippen LogP contribution in [0.15, 0.2) is 32.9 Å². The van der Waals surface area contributed by atoms with Crippen LogP contribution in [0.25, 0.3) is 0 Å². The van der Waals surface area contributed by atoms with E-state index >= 15 is 0 Å². The molecular formula is C13H17Cl2NO2S2. The summed E-state index contributed by atoms with van der Waals surface area (Å²) >= 11 is 12.0. The van der Waals surface area contributed by atoms with Crippen molar-refractivity contribution in [2.45, 2.75) is 29.5 Å². The van der Waals surface area contributed by atoms with Gasteiger partial charge in [0, 0.05) is 17.4 Å². The fraction of sp³-hybridized carbons (Fsp3) is 0.538. The summed E-state index contributed by atoms with van der Waals surface area (Å²) in [5.41, 5.74) is 1.02. The second-order valence-corrected chi connectivity index (χ2v) is 10.3. The maximum atomic E-state index is 12.3. The van der Waals surface area contributed by atoms with Crippen LogP contribution < -0.4 is 0 Å². The minimum Gasteiger partial charge on any atom is -0.199 e. The summed E-state index contributed by atoms with van der Waals surface area (Å²) in [5, 5.41) is 0. The van der Waals surface area contributed by atoms with Crippen LogP contribution >= 0.6 is 23.2 Å². The van der Waals surface area contributed by atoms with Crippen molar-refractivity contribution in [2.75, 3.05) is 11.5 Å². The van der Waals surface area contributed by atoms with Crippen LogP contribution in [0, 0.1) is 12.8 Å². The van der Waals surface area contributed by atoms with Crippen LogP contribution in [-0.2, 0) is 20.7 Å². The predicted octanol–water partition coefficient (Wildman–Crippen LogP) is 3.70. The van der Waals surface area contributed by atoms with Gasteiger partial charge in [0.1, 0.15) is 4.33 Å². The first kappa shape index (κ1) is 16.3. The molecule has 0 N–H and O–H groups in total. The lowest BCUT2D eigenvalue weighted by Gasteiger charge is -2.06. The molecule has 0 aromatic heterocycles. The van der Waals surface area contributed by atoms with Crippen molar-refractivity contribution < 1.29 is 8.42 Å². The van der Waals surface area contributed by atoms with Gasteiger partial charge in [0.05, 0.1) is 4.90 Å². The number of nitrogens with zero attached hydrogens (tertiary/aromatic N) is 1. The Bertz CT molecular complexity index is 624. The maximum Gasteiger partial charge on any atom is 0.287 e. The van der Waals surface area contributed by atoms with Crippen molar-refractivity contribution in [3.05, 3.63) is 29.8 Å². The number of rotatable bonds is 5. The number of hydrogen-bond donors (Lipinski definition) is 0. The topological polar surface area (TPSA) is 46.5 Å². The lowest BCUT2D eigenvalue weighted by molar-refractivity contribution is 0.598. The molecule has 0 saturated heterocycles. The highest BCUT2D eigenvalue weighted by Crippen LogP contribution is 2.53. The van der Waals surface area contributed by atoms with Gasteiger partial charge < -0.3 is 0 Å². The van der Waals surface area contributed by atoms with Crippen molar-refractivity contribution in [3.63, 3.8) is 0 Å². The van der Waals surface area contributed by atoms with Crippen molar-refractivity contribution in [1.82, 2.24) is 0 Å². The molecule has 1 aromatic rings. The minimum atomic E-state index is -3.59. The van der Waals surface area contributed by atoms with E-state index in [1.165, 1.54) is 0 Å². The molecule has 1 saturated carbocycles. The second-order valence-electron chi connectivity index (χ2n) is 4.94. The Morgan fingerprint density at radius 1 is 1.35 bits per heavy atom. The average Bonchev–Trinajstić information content (AvgIpc) is 2.96. The van der Waals surface area contributed by atoms with E-state index in [2.05, 4.69) is 3.77 Å². The van der Waals surface area contributed by atoms with Gasteiger partial charge in [0.25, 0.3) is 10.0 Å². The standard InChI is InChI=1S/C13H17Cl2NO2S2/c1-3-19(9-11-8-13(11,14)15)16-20(17,18)12-6-4-10(2)5-7-12/h4-7,11H,3,8-9H2,1-2H3. The summed E-state index contributed by atoms with van der Waals surface area (Å²) in [6, 6.07) is 6.73. The molecule has 3 nitrogen and oxygen atoms in total. The van der Waals surface area contributed by atoms with E-state index in [1.54, 1.807) is 24.3 Å². The molecule has 2 atom stereocenters. The highest BCUT2D eigenvalue weighted by Gasteiger charge is 2.51. The highest BCUT2D eigenvalue weighted by molar-refractivity contribution is 8.00. The summed E-state index contributed by atoms with van der Waals surface area (Å²) < 4.78 is 27.9. The van der Waals surface area contributed by atoms with Gasteiger partial charge in [-0.25, -0.2) is 0 Å². The molecule has 0 spiro atoms. The molecule has 2 unspecified atom stereocenters. The first-order valence-electron chi connectivity index (χ1n) is 6.35. The minimum absolute atomic E-state index is 0.158. The molecule has 0 bridgehead atoms. The summed E-state index contributed by atoms with van der Waals surface area (Å²) in [4.78, 5) is 0.243. The summed E-state index contributed by atoms with van der Waals surface area (Å²) in [6.07, 6.45) is 0.722. The zero-order chi connectivity index (χ0) is 15.0. The van der Waals surface area contributed by atoms with E-state index in [4.69, 9.17) is 23.2 Å². The lowest BCUT2D eigenvalue weighted by atomic mass is 10.2. The number of benzene rings is 1. The van der Waals surface area contributed by atoms with E-state index in [1.807, 2.05) is 13.8 Å². The fourth-order valence-electron chi connectivity index (χ4n) is 1.78. The van der Waals surface area contributed by atoms with Gasteiger partial charge in [-0.15, -0.1) is 27.0 Å². The van der Waals surface area contributed by atoms with Crippen LogP contribution in [0.4, 0.5) is 0 Å². The number of aryl methyl sites for hydroxylation is 1. The number of hydrogen-bond acceptors (Lipinski definition) is 2. The Labute approximate surface area is 132 Å². The quantitative estimate of drug-likeness (QED) is 0.757. The maximum absolute atomic E-state index is 12.3. The SMILES string of the molecule is CC/S(CC1CC1(Cl)Cl)=N\S(=O)(=O)c1ccc(C)cc1. The molecule has 7 heteroatoms. The van der Waals surface area contributed by atoms with E-state index in [0.717, 1.165) is 12.0 Å². The number of sulfonamides is 1. The second kappa shape index (κ2) is 5.95. The van der Waals surface area contributed by atoms with Crippen LogP contribution in [0.1, 0.15) is 18.9 Å². The largest absolute Gasteiger partial charge is 0.287 e. The van der Waals surface area contributed by atoms with Gasteiger partial charge in [-0.1, -0.05) is 35.3 Å². The Hall–Kier alpha value is -0.1000. The average molecular weight is 354 g/mol. The van der Waals surface area contributed by atoms with Gasteiger partial charge >= 0.3 is 0 Å². The Morgan fingerprint density at radius 3 is 2.35 bits per heavy atom. The smallest absolute Gasteiger partial charge is 0.199 e. The molecule has 0 heterocycles. The first-order chi connectivity index (χ1) is 9.24. The molecule has 0 amide bonds. The summed E-state index contributed by atoms with van der Waals surface area (Å²) in [7, 11) is -4.15. The monoisotopic (exact) mass is 353 g/mol. The number of halogens is 2. The third-order valence-electron chi connectivity index (χ3n) is 3.20. The Kier molecular flexibility index (Phi) is 4.84. The van der Waals surface area contributed by atoms with Crippen LogP contribution in [0.5, 0.6) is 0 Å². The molecule has 1 fully saturated rings. The molecule has 1 aliphatic rings. The van der Waals surface area contributed by atoms with Gasteiger partial charge in [-0.3, -0.25) is 0 Å². The highest BCUT2D eigenvalue weighted by atomic mass is 35.5. The van der Waals surface area contributed by atoms with E-state index < -0.39 is 25.0 Å². The van der Waals surface area contributed by atoms with Crippen molar-refractivity contribution in [2.24, 2.45) is 9.69 Å². The third kappa shape index (κ3) is 3.97. The van der Waals surface area contributed by atoms with Gasteiger partial charge in [0.2, 0.25) is 0 Å². The molecule has 0 radical (unpaired) electrons. The van der Waals surface area contributed by atoms with Crippen molar-refractivity contribution >= 4 is 43.9 Å². The first-order valence-corrected chi connectivity index (χ1v) is 10.1. The van der Waals surface area contributed by atoms with Crippen molar-refractivity contribution in [1.29, 1.82) is 0 Å². The molecular weight excluding hydrogens is 337 g/mol. The molecule has 2 rings (SSSR count). The lowest BCUT2D eigenvalue weighted by Crippen LogP contribution is -2.09. The van der Waals surface area contributed by atoms with Gasteiger partial charge in [0.15, 0.2) is 0 Å². The van der Waals surface area contributed by atoms with E-state index in [-0.39, 0.29) is 10.8 Å². The molecule has 20 heavy (non-hydrogen) atoms. The molecule has 1 aliphatic carbocycles. The van der Waals surface area contributed by atoms with E-state index in [9.17, 15) is 8.42 Å². The third-order valence-corrected chi connectivity index (χ3v) is 8.08. The van der Waals surface area contributed by atoms with E-state index in [0.29, 0.717) is 11.5 Å². The fourth-order valence-corrected chi connectivity index (χ4v) is 6.19. The number of alkyl halides is 2. The zero-order valence-electron chi connectivity index (χ0n) is 11.3. The predicted molar refractivity (Wildman–Crippen MR) is 86.1 cm³/mol. The Balaban J connectivity index is 2.19. The molecule has 112 valence electrons. The summed E-state index contributed by atoms with van der Waals surface area (Å²) in [6.45, 7) is 3.85. The van der Waals surface area contributed by atoms with Gasteiger partial charge in [-0.2, -0.15) is 8.42 Å². The van der Waals surface area contributed by atoms with Gasteiger partial charge in [-0.05, 0) is 25.5 Å². The van der Waals surface area contributed by atoms with Crippen LogP contribution in [0.2, 0.25) is 0 Å². The zero-order valence-corrected chi connectivity index (χ0v) is 14.5. The normalized spacial score (nSPS) is 22.7. The Morgan fingerprint density at radius 2 is 1.90 bits per heavy atom. The van der Waals surface area contributed by atoms with Crippen LogP contribution in [0.3, 0.4) is 0 Å². The molecule has 0 aliphatic heterocycles. The van der Waals surface area contributed by atoms with Crippen molar-refractivity contribution in [3.8, 4) is 0 Å². The van der Waals surface area contributed by atoms with Crippen LogP contribution in [-0.4, -0.2) is 24.3 Å². The summed E-state index contributed by atoms with van der Waals surface area (Å²) in [5.74, 6) is 1.49. The molecule has 1 aromatic carbocycles.